The standard InChI is InChI=1S/C20H26N4O4.C11H10ClN3O.C9H17NO3.C4H8O.HI/c1-13(2)26-20(25)24-10-7-16(8-11-24)27-18-14(3)19(23-12-22-18)28-17-6-5-9-21-15(17)4;1-7-10(12)14-6-15-11(7)16-9-4-3-5-13-8(9)2;1-7(2)13-9(12)10-5-3-8(11)4-6-10;1-2-4-5-3-1;/h5-6,9,12-13,16H,7-8,10-11H2,1-4H3;3-6H,1-2H3;7-8,11H,3-6H2,1-2H3;1-4H2;1H. The molecule has 63 heavy (non-hydrogen) atoms. The third kappa shape index (κ3) is 18.2. The molecule has 0 aliphatic carbocycles. The lowest BCUT2D eigenvalue weighted by Gasteiger charge is -2.31. The van der Waals surface area contributed by atoms with Crippen molar-refractivity contribution in [3.05, 3.63) is 77.0 Å². The number of hydrogen-bond acceptors (Lipinski definition) is 15. The van der Waals surface area contributed by atoms with Gasteiger partial charge in [0, 0.05) is 70.2 Å². The Morgan fingerprint density at radius 3 is 1.57 bits per heavy atom. The number of carbonyl (C=O) groups excluding carboxylic acids is 2. The van der Waals surface area contributed by atoms with E-state index in [0.717, 1.165) is 30.2 Å². The van der Waals surface area contributed by atoms with E-state index in [2.05, 4.69) is 29.9 Å². The summed E-state index contributed by atoms with van der Waals surface area (Å²) in [6.45, 7) is 19.2. The molecule has 7 rings (SSSR count). The normalized spacial score (nSPS) is 15.0. The number of halogens is 2. The van der Waals surface area contributed by atoms with Gasteiger partial charge in [0.1, 0.15) is 23.9 Å². The second-order valence-electron chi connectivity index (χ2n) is 15.3. The maximum Gasteiger partial charge on any atom is 0.410 e. The third-order valence-corrected chi connectivity index (χ3v) is 9.88. The zero-order chi connectivity index (χ0) is 45.0. The van der Waals surface area contributed by atoms with E-state index in [0.29, 0.717) is 91.7 Å². The van der Waals surface area contributed by atoms with Crippen molar-refractivity contribution >= 4 is 47.8 Å². The van der Waals surface area contributed by atoms with E-state index in [-0.39, 0.29) is 60.6 Å². The van der Waals surface area contributed by atoms with Gasteiger partial charge < -0.3 is 43.3 Å². The summed E-state index contributed by atoms with van der Waals surface area (Å²) in [4.78, 5) is 51.4. The lowest BCUT2D eigenvalue weighted by atomic mass is 10.1. The second kappa shape index (κ2) is 27.5. The average Bonchev–Trinajstić information content (AvgIpc) is 3.84. The smallest absolute Gasteiger partial charge is 0.410 e. The largest absolute Gasteiger partial charge is 0.474 e. The summed E-state index contributed by atoms with van der Waals surface area (Å²) in [6.07, 6.45) is 10.5. The molecule has 4 aromatic heterocycles. The highest BCUT2D eigenvalue weighted by atomic mass is 127. The van der Waals surface area contributed by atoms with Crippen LogP contribution >= 0.6 is 35.6 Å². The minimum Gasteiger partial charge on any atom is -0.474 e. The summed E-state index contributed by atoms with van der Waals surface area (Å²) < 4.78 is 32.8. The SMILES string of the molecule is C1CCOC1.CC(C)OC(=O)N1CCC(O)CC1.Cc1ncccc1Oc1ncnc(Cl)c1C.Cc1ncccc1Oc1ncnc(OC2CCN(C(=O)OC(C)C)CC2)c1C.I. The van der Waals surface area contributed by atoms with Crippen LogP contribution in [0.3, 0.4) is 0 Å². The Bertz CT molecular complexity index is 1990. The molecule has 1 N–H and O–H groups in total. The number of carbonyl (C=O) groups is 2. The van der Waals surface area contributed by atoms with Crippen molar-refractivity contribution in [3.63, 3.8) is 0 Å². The summed E-state index contributed by atoms with van der Waals surface area (Å²) >= 11 is 5.87. The van der Waals surface area contributed by atoms with Gasteiger partial charge in [0.25, 0.3) is 0 Å². The van der Waals surface area contributed by atoms with E-state index in [4.69, 9.17) is 40.0 Å². The number of aromatic nitrogens is 6. The van der Waals surface area contributed by atoms with Crippen molar-refractivity contribution < 1.29 is 43.1 Å². The molecule has 346 valence electrons. The van der Waals surface area contributed by atoms with E-state index < -0.39 is 0 Å². The predicted octanol–water partition coefficient (Wildman–Crippen LogP) is 9.01. The number of aliphatic hydroxyl groups excluding tert-OH is 1. The molecule has 0 saturated carbocycles. The molecule has 0 aromatic carbocycles. The number of hydrogen-bond donors (Lipinski definition) is 1. The van der Waals surface area contributed by atoms with Crippen LogP contribution in [0.25, 0.3) is 0 Å². The van der Waals surface area contributed by atoms with Crippen molar-refractivity contribution in [1.82, 2.24) is 39.7 Å². The Morgan fingerprint density at radius 1 is 0.683 bits per heavy atom. The zero-order valence-corrected chi connectivity index (χ0v) is 40.6. The minimum absolute atomic E-state index is 0. The van der Waals surface area contributed by atoms with Gasteiger partial charge in [0.15, 0.2) is 11.5 Å². The predicted molar refractivity (Wildman–Crippen MR) is 247 cm³/mol. The Morgan fingerprint density at radius 2 is 1.13 bits per heavy atom. The van der Waals surface area contributed by atoms with E-state index in [1.54, 1.807) is 28.3 Å². The number of aryl methyl sites for hydroxylation is 2. The minimum atomic E-state index is -0.269. The molecule has 0 unspecified atom stereocenters. The molecule has 0 atom stereocenters. The van der Waals surface area contributed by atoms with Gasteiger partial charge in [-0.15, -0.1) is 24.0 Å². The quantitative estimate of drug-likeness (QED) is 0.130. The van der Waals surface area contributed by atoms with Crippen molar-refractivity contribution in [2.24, 2.45) is 0 Å². The monoisotopic (exact) mass is 1010 g/mol. The summed E-state index contributed by atoms with van der Waals surface area (Å²) in [5.74, 6) is 2.71. The highest BCUT2D eigenvalue weighted by Gasteiger charge is 2.27. The second-order valence-corrected chi connectivity index (χ2v) is 15.6. The van der Waals surface area contributed by atoms with E-state index in [1.807, 2.05) is 73.6 Å². The van der Waals surface area contributed by atoms with Gasteiger partial charge >= 0.3 is 12.2 Å². The highest BCUT2D eigenvalue weighted by molar-refractivity contribution is 14.0. The Labute approximate surface area is 392 Å². The van der Waals surface area contributed by atoms with Crippen LogP contribution in [0.15, 0.2) is 49.3 Å². The van der Waals surface area contributed by atoms with Gasteiger partial charge in [0.2, 0.25) is 17.6 Å². The summed E-state index contributed by atoms with van der Waals surface area (Å²) in [7, 11) is 0. The fourth-order valence-corrected chi connectivity index (χ4v) is 6.07. The van der Waals surface area contributed by atoms with Crippen LogP contribution < -0.4 is 14.2 Å². The first-order valence-electron chi connectivity index (χ1n) is 21.0. The molecule has 19 heteroatoms. The molecule has 17 nitrogen and oxygen atoms in total. The first kappa shape index (κ1) is 52.7. The summed E-state index contributed by atoms with van der Waals surface area (Å²) in [5.41, 5.74) is 3.03. The van der Waals surface area contributed by atoms with Crippen LogP contribution in [0.1, 0.15) is 88.7 Å². The lowest BCUT2D eigenvalue weighted by Crippen LogP contribution is -2.42. The molecule has 2 amide bonds. The first-order valence-corrected chi connectivity index (χ1v) is 21.4. The number of likely N-dealkylation sites (tertiary alicyclic amines) is 2. The van der Waals surface area contributed by atoms with Crippen molar-refractivity contribution in [2.45, 2.75) is 118 Å². The molecule has 0 spiro atoms. The first-order chi connectivity index (χ1) is 29.7. The molecular weight excluding hydrogens is 947 g/mol. The number of nitrogens with zero attached hydrogens (tertiary/aromatic N) is 8. The van der Waals surface area contributed by atoms with Crippen LogP contribution in [-0.4, -0.2) is 121 Å². The van der Waals surface area contributed by atoms with Gasteiger partial charge in [-0.2, -0.15) is 0 Å². The van der Waals surface area contributed by atoms with Crippen LogP contribution in [0, 0.1) is 27.7 Å². The highest BCUT2D eigenvalue weighted by Crippen LogP contribution is 2.30. The topological polar surface area (TPSA) is 194 Å². The number of ether oxygens (including phenoxy) is 6. The van der Waals surface area contributed by atoms with E-state index >= 15 is 0 Å². The van der Waals surface area contributed by atoms with Crippen molar-refractivity contribution in [1.29, 1.82) is 0 Å². The van der Waals surface area contributed by atoms with Gasteiger partial charge in [-0.3, -0.25) is 9.97 Å². The summed E-state index contributed by atoms with van der Waals surface area (Å²) in [5, 5.41) is 9.61. The van der Waals surface area contributed by atoms with Crippen LogP contribution in [-0.2, 0) is 14.2 Å². The van der Waals surface area contributed by atoms with Crippen LogP contribution in [0.4, 0.5) is 9.59 Å². The fourth-order valence-electron chi connectivity index (χ4n) is 5.95. The Kier molecular flexibility index (Phi) is 23.0. The maximum atomic E-state index is 12.0. The third-order valence-electron chi connectivity index (χ3n) is 9.50. The number of piperidine rings is 2. The number of amides is 2. The van der Waals surface area contributed by atoms with Crippen molar-refractivity contribution in [3.8, 4) is 29.1 Å². The summed E-state index contributed by atoms with van der Waals surface area (Å²) in [6, 6.07) is 7.29. The number of pyridine rings is 2. The van der Waals surface area contributed by atoms with Crippen LogP contribution in [0.5, 0.6) is 29.1 Å². The molecule has 0 radical (unpaired) electrons. The maximum absolute atomic E-state index is 12.0. The van der Waals surface area contributed by atoms with E-state index in [1.165, 1.54) is 25.5 Å². The molecule has 0 bridgehead atoms. The van der Waals surface area contributed by atoms with E-state index in [9.17, 15) is 14.7 Å². The van der Waals surface area contributed by atoms with Gasteiger partial charge in [0.05, 0.1) is 35.3 Å². The molecule has 3 aliphatic rings. The van der Waals surface area contributed by atoms with Crippen LogP contribution in [0.2, 0.25) is 5.15 Å². The number of aliphatic hydroxyl groups is 1. The molecular formula is C44H62ClIN8O9. The average molecular weight is 1010 g/mol. The molecule has 4 aromatic rings. The number of rotatable bonds is 8. The lowest BCUT2D eigenvalue weighted by molar-refractivity contribution is 0.0455. The fraction of sp³-hybridized carbons (Fsp3) is 0.545. The molecule has 3 fully saturated rings. The van der Waals surface area contributed by atoms with Gasteiger partial charge in [-0.25, -0.2) is 29.5 Å². The Balaban J connectivity index is 0.000000254. The molecule has 3 saturated heterocycles. The molecule has 7 heterocycles. The van der Waals surface area contributed by atoms with Crippen molar-refractivity contribution in [2.75, 3.05) is 39.4 Å². The molecule has 3 aliphatic heterocycles. The van der Waals surface area contributed by atoms with Gasteiger partial charge in [-0.05, 0) is 105 Å². The Hall–Kier alpha value is -4.66. The van der Waals surface area contributed by atoms with Gasteiger partial charge in [-0.1, -0.05) is 11.6 Å². The zero-order valence-electron chi connectivity index (χ0n) is 37.5.